The van der Waals surface area contributed by atoms with Crippen molar-refractivity contribution < 1.29 is 4.79 Å². The number of hydrogen-bond acceptors (Lipinski definition) is 2. The third kappa shape index (κ3) is 2.79. The van der Waals surface area contributed by atoms with Crippen LogP contribution in [0, 0.1) is 5.41 Å². The molecule has 2 aliphatic carbocycles. The molecule has 0 saturated heterocycles. The maximum atomic E-state index is 11.6. The third-order valence-electron chi connectivity index (χ3n) is 4.55. The smallest absolute Gasteiger partial charge is 0.155 e. The van der Waals surface area contributed by atoms with E-state index in [0.717, 1.165) is 19.3 Å². The Morgan fingerprint density at radius 2 is 2.00 bits per heavy atom. The van der Waals surface area contributed by atoms with Gasteiger partial charge >= 0.3 is 0 Å². The van der Waals surface area contributed by atoms with Crippen molar-refractivity contribution in [2.24, 2.45) is 5.41 Å². The molecule has 100 valence electrons. The Morgan fingerprint density at radius 1 is 1.21 bits per heavy atom. The van der Waals surface area contributed by atoms with Crippen molar-refractivity contribution in [2.45, 2.75) is 49.2 Å². The van der Waals surface area contributed by atoms with E-state index in [4.69, 9.17) is 0 Å². The molecule has 1 aromatic carbocycles. The van der Waals surface area contributed by atoms with Crippen molar-refractivity contribution in [1.82, 2.24) is 0 Å². The minimum Gasteiger partial charge on any atom is -0.295 e. The van der Waals surface area contributed by atoms with Crippen molar-refractivity contribution in [3.63, 3.8) is 0 Å². The molecule has 0 aromatic heterocycles. The zero-order chi connectivity index (χ0) is 13.3. The van der Waals surface area contributed by atoms with Gasteiger partial charge in [-0.2, -0.15) is 0 Å². The average molecular weight is 272 g/mol. The normalized spacial score (nSPS) is 30.7. The van der Waals surface area contributed by atoms with Gasteiger partial charge in [0.1, 0.15) is 0 Å². The molecule has 0 amide bonds. The maximum absolute atomic E-state index is 11.6. The maximum Gasteiger partial charge on any atom is 0.155 e. The predicted molar refractivity (Wildman–Crippen MR) is 80.4 cm³/mol. The van der Waals surface area contributed by atoms with Crippen molar-refractivity contribution in [3.8, 4) is 0 Å². The lowest BCUT2D eigenvalue weighted by Gasteiger charge is -2.41. The summed E-state index contributed by atoms with van der Waals surface area (Å²) >= 11 is 1.97. The SMILES string of the molecule is C[C@@]12CCC(=O)C=C1C[C@@H](Sc1ccccc1)CC2. The van der Waals surface area contributed by atoms with Crippen LogP contribution in [0.5, 0.6) is 0 Å². The number of rotatable bonds is 2. The summed E-state index contributed by atoms with van der Waals surface area (Å²) in [6.07, 6.45) is 7.33. The molecule has 3 rings (SSSR count). The van der Waals surface area contributed by atoms with Gasteiger partial charge in [-0.1, -0.05) is 30.7 Å². The molecule has 0 unspecified atom stereocenters. The fourth-order valence-corrected chi connectivity index (χ4v) is 4.41. The number of fused-ring (bicyclic) bond motifs is 1. The van der Waals surface area contributed by atoms with Crippen molar-refractivity contribution in [1.29, 1.82) is 0 Å². The molecule has 2 aliphatic rings. The van der Waals surface area contributed by atoms with Gasteiger partial charge in [-0.05, 0) is 49.3 Å². The quantitative estimate of drug-likeness (QED) is 0.781. The van der Waals surface area contributed by atoms with Gasteiger partial charge in [0, 0.05) is 16.6 Å². The summed E-state index contributed by atoms with van der Waals surface area (Å²) < 4.78 is 0. The minimum atomic E-state index is 0.307. The summed E-state index contributed by atoms with van der Waals surface area (Å²) in [7, 11) is 0. The van der Waals surface area contributed by atoms with Gasteiger partial charge < -0.3 is 0 Å². The number of hydrogen-bond donors (Lipinski definition) is 0. The fourth-order valence-electron chi connectivity index (χ4n) is 3.21. The molecule has 0 N–H and O–H groups in total. The highest BCUT2D eigenvalue weighted by atomic mass is 32.2. The van der Waals surface area contributed by atoms with E-state index in [9.17, 15) is 4.79 Å². The lowest BCUT2D eigenvalue weighted by atomic mass is 9.66. The molecule has 0 aliphatic heterocycles. The molecule has 0 bridgehead atoms. The van der Waals surface area contributed by atoms with Crippen LogP contribution in [-0.2, 0) is 4.79 Å². The zero-order valence-electron chi connectivity index (χ0n) is 11.4. The second-order valence-electron chi connectivity index (χ2n) is 5.99. The second-order valence-corrected chi connectivity index (χ2v) is 7.37. The van der Waals surface area contributed by atoms with Crippen LogP contribution in [0.3, 0.4) is 0 Å². The summed E-state index contributed by atoms with van der Waals surface area (Å²) in [5.41, 5.74) is 1.71. The number of benzene rings is 1. The molecule has 2 atom stereocenters. The van der Waals surface area contributed by atoms with Crippen LogP contribution >= 0.6 is 11.8 Å². The predicted octanol–water partition coefficient (Wildman–Crippen LogP) is 4.63. The van der Waals surface area contributed by atoms with E-state index in [0.29, 0.717) is 16.4 Å². The van der Waals surface area contributed by atoms with Crippen molar-refractivity contribution in [3.05, 3.63) is 42.0 Å². The molecular formula is C17H20OS. The fraction of sp³-hybridized carbons (Fsp3) is 0.471. The molecule has 0 spiro atoms. The summed E-state index contributed by atoms with van der Waals surface area (Å²) in [5, 5.41) is 0.632. The first-order valence-corrected chi connectivity index (χ1v) is 7.99. The largest absolute Gasteiger partial charge is 0.295 e. The Balaban J connectivity index is 1.73. The van der Waals surface area contributed by atoms with Crippen LogP contribution in [0.25, 0.3) is 0 Å². The molecule has 0 heterocycles. The number of thioether (sulfide) groups is 1. The molecular weight excluding hydrogens is 252 g/mol. The van der Waals surface area contributed by atoms with Gasteiger partial charge in [0.05, 0.1) is 0 Å². The lowest BCUT2D eigenvalue weighted by molar-refractivity contribution is -0.115. The lowest BCUT2D eigenvalue weighted by Crippen LogP contribution is -2.32. The highest BCUT2D eigenvalue weighted by molar-refractivity contribution is 8.00. The van der Waals surface area contributed by atoms with Gasteiger partial charge in [0.2, 0.25) is 0 Å². The van der Waals surface area contributed by atoms with Crippen molar-refractivity contribution in [2.75, 3.05) is 0 Å². The van der Waals surface area contributed by atoms with Gasteiger partial charge in [0.15, 0.2) is 5.78 Å². The van der Waals surface area contributed by atoms with Gasteiger partial charge in [-0.3, -0.25) is 4.79 Å². The third-order valence-corrected chi connectivity index (χ3v) is 5.83. The van der Waals surface area contributed by atoms with Crippen LogP contribution in [0.1, 0.15) is 39.0 Å². The summed E-state index contributed by atoms with van der Waals surface area (Å²) in [5.74, 6) is 0.331. The molecule has 19 heavy (non-hydrogen) atoms. The summed E-state index contributed by atoms with van der Waals surface area (Å²) in [6.45, 7) is 2.34. The van der Waals surface area contributed by atoms with Gasteiger partial charge in [0.25, 0.3) is 0 Å². The Kier molecular flexibility index (Phi) is 3.53. The van der Waals surface area contributed by atoms with Gasteiger partial charge in [-0.15, -0.1) is 11.8 Å². The van der Waals surface area contributed by atoms with Gasteiger partial charge in [-0.25, -0.2) is 0 Å². The standard InChI is InChI=1S/C17H20OS/c1-17-9-7-14(18)11-13(17)12-16(8-10-17)19-15-5-3-2-4-6-15/h2-6,11,16H,7-10,12H2,1H3/t16-,17-/m0/s1. The first-order valence-electron chi connectivity index (χ1n) is 7.11. The van der Waals surface area contributed by atoms with E-state index < -0.39 is 0 Å². The number of carbonyl (C=O) groups excluding carboxylic acids is 1. The molecule has 1 saturated carbocycles. The van der Waals surface area contributed by atoms with Crippen LogP contribution in [0.15, 0.2) is 46.9 Å². The van der Waals surface area contributed by atoms with E-state index >= 15 is 0 Å². The molecule has 1 nitrogen and oxygen atoms in total. The topological polar surface area (TPSA) is 17.1 Å². The average Bonchev–Trinajstić information content (AvgIpc) is 2.41. The number of ketones is 1. The minimum absolute atomic E-state index is 0.307. The van der Waals surface area contributed by atoms with E-state index in [1.807, 2.05) is 17.8 Å². The highest BCUT2D eigenvalue weighted by Gasteiger charge is 2.38. The van der Waals surface area contributed by atoms with Crippen LogP contribution in [0.4, 0.5) is 0 Å². The first kappa shape index (κ1) is 13.0. The molecule has 2 heteroatoms. The molecule has 1 aromatic rings. The molecule has 0 radical (unpaired) electrons. The van der Waals surface area contributed by atoms with E-state index in [-0.39, 0.29) is 0 Å². The Labute approximate surface area is 119 Å². The highest BCUT2D eigenvalue weighted by Crippen LogP contribution is 2.49. The van der Waals surface area contributed by atoms with Crippen molar-refractivity contribution >= 4 is 17.5 Å². The Bertz CT molecular complexity index is 505. The van der Waals surface area contributed by atoms with Crippen LogP contribution in [-0.4, -0.2) is 11.0 Å². The Morgan fingerprint density at radius 3 is 2.79 bits per heavy atom. The monoisotopic (exact) mass is 272 g/mol. The Hall–Kier alpha value is -1.02. The molecule has 1 fully saturated rings. The van der Waals surface area contributed by atoms with Crippen LogP contribution in [0.2, 0.25) is 0 Å². The summed E-state index contributed by atoms with van der Waals surface area (Å²) in [4.78, 5) is 13.0. The first-order chi connectivity index (χ1) is 9.16. The number of carbonyl (C=O) groups is 1. The number of allylic oxidation sites excluding steroid dienone is 2. The van der Waals surface area contributed by atoms with E-state index in [2.05, 4.69) is 37.3 Å². The van der Waals surface area contributed by atoms with E-state index in [1.165, 1.54) is 23.3 Å². The summed E-state index contributed by atoms with van der Waals surface area (Å²) in [6, 6.07) is 10.6. The van der Waals surface area contributed by atoms with Crippen LogP contribution < -0.4 is 0 Å². The second kappa shape index (κ2) is 5.16. The zero-order valence-corrected chi connectivity index (χ0v) is 12.2. The van der Waals surface area contributed by atoms with E-state index in [1.54, 1.807) is 0 Å².